The molecule has 2 aromatic carbocycles. The fraction of sp³-hybridized carbons (Fsp3) is 0.250. The van der Waals surface area contributed by atoms with E-state index in [0.29, 0.717) is 21.9 Å². The normalized spacial score (nSPS) is 23.0. The van der Waals surface area contributed by atoms with Crippen LogP contribution in [0.4, 0.5) is 0 Å². The van der Waals surface area contributed by atoms with E-state index in [0.717, 1.165) is 16.7 Å². The van der Waals surface area contributed by atoms with E-state index in [9.17, 15) is 15.3 Å². The predicted octanol–water partition coefficient (Wildman–Crippen LogP) is 2.81. The molecule has 4 atom stereocenters. The van der Waals surface area contributed by atoms with Gasteiger partial charge in [-0.15, -0.1) is 0 Å². The van der Waals surface area contributed by atoms with Gasteiger partial charge in [0, 0.05) is 5.56 Å². The van der Waals surface area contributed by atoms with Crippen LogP contribution in [0.15, 0.2) is 60.7 Å². The number of rotatable bonds is 5. The topological polar surface area (TPSA) is 121 Å². The van der Waals surface area contributed by atoms with Crippen LogP contribution in [0.2, 0.25) is 5.02 Å². The summed E-state index contributed by atoms with van der Waals surface area (Å²) in [5.41, 5.74) is 4.62. The fourth-order valence-electron chi connectivity index (χ4n) is 3.87. The van der Waals surface area contributed by atoms with Gasteiger partial charge in [-0.3, -0.25) is 0 Å². The second-order valence-electron chi connectivity index (χ2n) is 7.87. The molecule has 0 radical (unpaired) electrons. The lowest BCUT2D eigenvalue weighted by Crippen LogP contribution is -2.56. The Morgan fingerprint density at radius 3 is 2.39 bits per heavy atom. The summed E-state index contributed by atoms with van der Waals surface area (Å²) in [5.74, 6) is 0. The third-order valence-corrected chi connectivity index (χ3v) is 5.99. The van der Waals surface area contributed by atoms with E-state index in [-0.39, 0.29) is 12.6 Å². The highest BCUT2D eigenvalue weighted by atomic mass is 35.5. The molecule has 0 amide bonds. The maximum atomic E-state index is 10.3. The number of ether oxygens (including phenoxy) is 2. The zero-order chi connectivity index (χ0) is 22.9. The molecule has 2 aromatic heterocycles. The molecule has 0 saturated carbocycles. The van der Waals surface area contributed by atoms with Crippen LogP contribution in [0, 0.1) is 0 Å². The fourth-order valence-corrected chi connectivity index (χ4v) is 4.13. The van der Waals surface area contributed by atoms with Crippen LogP contribution >= 0.6 is 11.6 Å². The van der Waals surface area contributed by atoms with Gasteiger partial charge in [-0.25, -0.2) is 4.98 Å². The largest absolute Gasteiger partial charge is 0.456 e. The molecule has 1 aliphatic rings. The summed E-state index contributed by atoms with van der Waals surface area (Å²) >= 11 is 6.50. The minimum Gasteiger partial charge on any atom is -0.456 e. The summed E-state index contributed by atoms with van der Waals surface area (Å²) < 4.78 is 11.0. The highest BCUT2D eigenvalue weighted by molar-refractivity contribution is 6.33. The lowest BCUT2D eigenvalue weighted by atomic mass is 10.0. The van der Waals surface area contributed by atoms with E-state index in [2.05, 4.69) is 27.1 Å². The van der Waals surface area contributed by atoms with E-state index in [1.807, 2.05) is 42.5 Å². The molecule has 4 N–H and O–H groups in total. The number of halogens is 1. The van der Waals surface area contributed by atoms with Crippen molar-refractivity contribution in [1.29, 1.82) is 0 Å². The van der Waals surface area contributed by atoms with Crippen molar-refractivity contribution in [2.45, 2.75) is 24.4 Å². The molecule has 170 valence electrons. The number of H-pyrrole nitrogens is 1. The van der Waals surface area contributed by atoms with Crippen molar-refractivity contribution in [3.05, 3.63) is 65.7 Å². The molecule has 1 aliphatic heterocycles. The standard InChI is InChI=1S/C24H22ClN3O5/c25-16-10-17-23(28-24(26-17)33-19-12-32-18(11-29)21(30)22(19)31)27-20(16)15-8-6-14(7-9-15)13-4-2-1-3-5-13/h1-10,18-19,21-22,29-31H,11-12H2,(H,26,27,28)/t18?,19-,21?,22?/m0/s1. The molecular formula is C24H22ClN3O5. The number of benzene rings is 2. The van der Waals surface area contributed by atoms with Crippen molar-refractivity contribution in [3.8, 4) is 28.4 Å². The molecule has 3 heterocycles. The Labute approximate surface area is 194 Å². The second kappa shape index (κ2) is 9.09. The Kier molecular flexibility index (Phi) is 6.01. The lowest BCUT2D eigenvalue weighted by molar-refractivity contribution is -0.189. The number of fused-ring (bicyclic) bond motifs is 1. The molecule has 9 heteroatoms. The van der Waals surface area contributed by atoms with E-state index in [1.165, 1.54) is 0 Å². The van der Waals surface area contributed by atoms with Gasteiger partial charge < -0.3 is 29.8 Å². The number of aliphatic hydroxyl groups is 3. The maximum absolute atomic E-state index is 10.3. The number of pyridine rings is 1. The third kappa shape index (κ3) is 4.31. The summed E-state index contributed by atoms with van der Waals surface area (Å²) in [7, 11) is 0. The highest BCUT2D eigenvalue weighted by Gasteiger charge is 2.39. The molecular weight excluding hydrogens is 446 g/mol. The highest BCUT2D eigenvalue weighted by Crippen LogP contribution is 2.31. The molecule has 4 aromatic rings. The first-order chi connectivity index (χ1) is 16.0. The van der Waals surface area contributed by atoms with Crippen molar-refractivity contribution >= 4 is 22.8 Å². The van der Waals surface area contributed by atoms with Gasteiger partial charge in [0.25, 0.3) is 6.01 Å². The number of imidazole rings is 1. The molecule has 8 nitrogen and oxygen atoms in total. The number of aromatic nitrogens is 3. The van der Waals surface area contributed by atoms with Crippen molar-refractivity contribution < 1.29 is 24.8 Å². The first-order valence-electron chi connectivity index (χ1n) is 10.5. The third-order valence-electron chi connectivity index (χ3n) is 5.70. The predicted molar refractivity (Wildman–Crippen MR) is 123 cm³/mol. The quantitative estimate of drug-likeness (QED) is 0.356. The summed E-state index contributed by atoms with van der Waals surface area (Å²) in [5, 5.41) is 30.0. The van der Waals surface area contributed by atoms with Gasteiger partial charge >= 0.3 is 0 Å². The smallest absolute Gasteiger partial charge is 0.296 e. The number of hydrogen-bond acceptors (Lipinski definition) is 7. The minimum atomic E-state index is -1.27. The van der Waals surface area contributed by atoms with Crippen molar-refractivity contribution in [1.82, 2.24) is 15.0 Å². The Balaban J connectivity index is 1.38. The van der Waals surface area contributed by atoms with E-state index < -0.39 is 31.0 Å². The number of hydrogen-bond donors (Lipinski definition) is 4. The van der Waals surface area contributed by atoms with Gasteiger partial charge in [0.05, 0.1) is 29.4 Å². The van der Waals surface area contributed by atoms with Crippen LogP contribution in [-0.2, 0) is 4.74 Å². The lowest BCUT2D eigenvalue weighted by Gasteiger charge is -2.36. The van der Waals surface area contributed by atoms with E-state index in [4.69, 9.17) is 21.1 Å². The monoisotopic (exact) mass is 467 g/mol. The van der Waals surface area contributed by atoms with Crippen LogP contribution < -0.4 is 4.74 Å². The SMILES string of the molecule is OCC1OC[C@H](Oc2nc3nc(-c4ccc(-c5ccccc5)cc4)c(Cl)cc3[nH]2)C(O)C1O. The molecule has 3 unspecified atom stereocenters. The Hall–Kier alpha value is -3.01. The Bertz CT molecular complexity index is 1250. The van der Waals surface area contributed by atoms with Crippen molar-refractivity contribution in [3.63, 3.8) is 0 Å². The number of nitrogens with zero attached hydrogens (tertiary/aromatic N) is 2. The van der Waals surface area contributed by atoms with Gasteiger partial charge in [-0.05, 0) is 17.2 Å². The van der Waals surface area contributed by atoms with Gasteiger partial charge in [0.15, 0.2) is 11.8 Å². The minimum absolute atomic E-state index is 0.00625. The maximum Gasteiger partial charge on any atom is 0.296 e. The molecule has 0 aliphatic carbocycles. The van der Waals surface area contributed by atoms with Crippen LogP contribution in [-0.4, -0.2) is 67.9 Å². The molecule has 0 spiro atoms. The Morgan fingerprint density at radius 1 is 0.970 bits per heavy atom. The summed E-state index contributed by atoms with van der Waals surface area (Å²) in [6.45, 7) is -0.402. The average molecular weight is 468 g/mol. The van der Waals surface area contributed by atoms with Crippen LogP contribution in [0.25, 0.3) is 33.5 Å². The van der Waals surface area contributed by atoms with Crippen LogP contribution in [0.5, 0.6) is 6.01 Å². The average Bonchev–Trinajstić information content (AvgIpc) is 3.23. The van der Waals surface area contributed by atoms with E-state index in [1.54, 1.807) is 6.07 Å². The van der Waals surface area contributed by atoms with Crippen molar-refractivity contribution in [2.24, 2.45) is 0 Å². The number of nitrogens with one attached hydrogen (secondary N) is 1. The van der Waals surface area contributed by atoms with Gasteiger partial charge in [0.1, 0.15) is 18.3 Å². The summed E-state index contributed by atoms with van der Waals surface area (Å²) in [4.78, 5) is 11.9. The van der Waals surface area contributed by atoms with Crippen LogP contribution in [0.1, 0.15) is 0 Å². The van der Waals surface area contributed by atoms with Gasteiger partial charge in [0.2, 0.25) is 0 Å². The Morgan fingerprint density at radius 2 is 1.67 bits per heavy atom. The molecule has 5 rings (SSSR count). The zero-order valence-corrected chi connectivity index (χ0v) is 18.2. The molecule has 1 saturated heterocycles. The summed E-state index contributed by atoms with van der Waals surface area (Å²) in [6, 6.07) is 19.9. The first-order valence-corrected chi connectivity index (χ1v) is 10.9. The molecule has 1 fully saturated rings. The zero-order valence-electron chi connectivity index (χ0n) is 17.4. The number of aliphatic hydroxyl groups excluding tert-OH is 3. The van der Waals surface area contributed by atoms with Gasteiger partial charge in [-0.1, -0.05) is 66.2 Å². The molecule has 33 heavy (non-hydrogen) atoms. The van der Waals surface area contributed by atoms with Gasteiger partial charge in [-0.2, -0.15) is 4.98 Å². The van der Waals surface area contributed by atoms with E-state index >= 15 is 0 Å². The molecule has 0 bridgehead atoms. The number of aromatic amines is 1. The summed E-state index contributed by atoms with van der Waals surface area (Å²) in [6.07, 6.45) is -4.22. The van der Waals surface area contributed by atoms with Crippen molar-refractivity contribution in [2.75, 3.05) is 13.2 Å². The second-order valence-corrected chi connectivity index (χ2v) is 8.27. The van der Waals surface area contributed by atoms with Crippen LogP contribution in [0.3, 0.4) is 0 Å². The first kappa shape index (κ1) is 21.8.